The summed E-state index contributed by atoms with van der Waals surface area (Å²) in [5, 5.41) is 2.13. The summed E-state index contributed by atoms with van der Waals surface area (Å²) in [5.41, 5.74) is 0.292. The minimum atomic E-state index is -0.500. The van der Waals surface area contributed by atoms with Gasteiger partial charge in [-0.05, 0) is 57.2 Å². The van der Waals surface area contributed by atoms with Crippen LogP contribution in [0, 0.1) is 5.92 Å². The molecule has 1 amide bonds. The van der Waals surface area contributed by atoms with E-state index >= 15 is 0 Å². The minimum absolute atomic E-state index is 0.0244. The molecule has 27 heavy (non-hydrogen) atoms. The van der Waals surface area contributed by atoms with Crippen LogP contribution in [0.2, 0.25) is 0 Å². The van der Waals surface area contributed by atoms with Crippen molar-refractivity contribution in [2.75, 3.05) is 13.1 Å². The van der Waals surface area contributed by atoms with Gasteiger partial charge in [-0.1, -0.05) is 22.0 Å². The van der Waals surface area contributed by atoms with Gasteiger partial charge in [-0.2, -0.15) is 0 Å². The zero-order valence-corrected chi connectivity index (χ0v) is 17.6. The van der Waals surface area contributed by atoms with Gasteiger partial charge in [0, 0.05) is 47.2 Å². The Kier molecular flexibility index (Phi) is 5.84. The van der Waals surface area contributed by atoms with E-state index in [1.54, 1.807) is 4.90 Å². The number of hydrogen-bond donors (Lipinski definition) is 0. The smallest absolute Gasteiger partial charge is 0.410 e. The maximum atomic E-state index is 12.7. The average Bonchev–Trinajstić information content (AvgIpc) is 2.60. The molecule has 1 aliphatic rings. The van der Waals surface area contributed by atoms with Crippen molar-refractivity contribution in [2.45, 2.75) is 45.6 Å². The quantitative estimate of drug-likeness (QED) is 0.701. The van der Waals surface area contributed by atoms with E-state index in [0.717, 1.165) is 20.9 Å². The van der Waals surface area contributed by atoms with Gasteiger partial charge in [-0.15, -0.1) is 0 Å². The van der Waals surface area contributed by atoms with E-state index in [1.807, 2.05) is 51.2 Å². The number of aromatic nitrogens is 1. The Balaban J connectivity index is 1.57. The molecule has 3 rings (SSSR count). The van der Waals surface area contributed by atoms with Gasteiger partial charge in [-0.25, -0.2) is 4.79 Å². The molecule has 0 bridgehead atoms. The van der Waals surface area contributed by atoms with Crippen molar-refractivity contribution in [3.8, 4) is 0 Å². The third-order valence-corrected chi connectivity index (χ3v) is 5.19. The third-order valence-electron chi connectivity index (χ3n) is 4.70. The van der Waals surface area contributed by atoms with Gasteiger partial charge in [0.1, 0.15) is 11.4 Å². The number of Topliss-reactive ketones (excluding diaryl/α,β-unsaturated/α-hetero) is 1. The van der Waals surface area contributed by atoms with Gasteiger partial charge in [0.25, 0.3) is 0 Å². The molecule has 0 atom stereocenters. The molecule has 0 unspecified atom stereocenters. The summed E-state index contributed by atoms with van der Waals surface area (Å²) in [6, 6.07) is 8.00. The number of likely N-dealkylation sites (tertiary alicyclic amines) is 1. The number of halogens is 1. The number of fused-ring (bicyclic) bond motifs is 1. The number of hydrogen-bond acceptors (Lipinski definition) is 4. The van der Waals surface area contributed by atoms with Crippen LogP contribution in [0.25, 0.3) is 10.8 Å². The first-order valence-corrected chi connectivity index (χ1v) is 10.1. The Morgan fingerprint density at radius 1 is 1.19 bits per heavy atom. The summed E-state index contributed by atoms with van der Waals surface area (Å²) in [6.07, 6.45) is 3.21. The van der Waals surface area contributed by atoms with Crippen molar-refractivity contribution in [2.24, 2.45) is 5.92 Å². The molecular formula is C21H25BrN2O3. The average molecular weight is 433 g/mol. The maximum Gasteiger partial charge on any atom is 0.410 e. The van der Waals surface area contributed by atoms with Crippen LogP contribution < -0.4 is 0 Å². The molecular weight excluding hydrogens is 408 g/mol. The number of nitrogens with zero attached hydrogens (tertiary/aromatic N) is 2. The number of ketones is 1. The summed E-state index contributed by atoms with van der Waals surface area (Å²) in [6.45, 7) is 6.69. The number of ether oxygens (including phenoxy) is 1. The van der Waals surface area contributed by atoms with Gasteiger partial charge in [0.15, 0.2) is 0 Å². The molecule has 144 valence electrons. The highest BCUT2D eigenvalue weighted by Crippen LogP contribution is 2.23. The number of pyridine rings is 1. The molecule has 2 heterocycles. The predicted octanol–water partition coefficient (Wildman–Crippen LogP) is 4.76. The lowest BCUT2D eigenvalue weighted by Crippen LogP contribution is -2.43. The van der Waals surface area contributed by atoms with Crippen molar-refractivity contribution in [1.29, 1.82) is 0 Å². The highest BCUT2D eigenvalue weighted by atomic mass is 79.9. The number of carbonyl (C=O) groups is 2. The van der Waals surface area contributed by atoms with Crippen LogP contribution in [0.15, 0.2) is 34.9 Å². The van der Waals surface area contributed by atoms with Crippen LogP contribution in [-0.4, -0.2) is 40.5 Å². The molecule has 1 aromatic heterocycles. The van der Waals surface area contributed by atoms with E-state index < -0.39 is 5.60 Å². The summed E-state index contributed by atoms with van der Waals surface area (Å²) in [5.74, 6) is 0.171. The van der Waals surface area contributed by atoms with Crippen molar-refractivity contribution in [1.82, 2.24) is 9.88 Å². The fraction of sp³-hybridized carbons (Fsp3) is 0.476. The Bertz CT molecular complexity index is 852. The van der Waals surface area contributed by atoms with Crippen molar-refractivity contribution in [3.05, 3.63) is 40.6 Å². The zero-order chi connectivity index (χ0) is 19.6. The molecule has 1 aromatic carbocycles. The molecule has 1 aliphatic heterocycles. The first kappa shape index (κ1) is 19.8. The third kappa shape index (κ3) is 5.28. The number of benzene rings is 1. The Morgan fingerprint density at radius 3 is 2.56 bits per heavy atom. The van der Waals surface area contributed by atoms with Crippen molar-refractivity contribution >= 4 is 38.6 Å². The topological polar surface area (TPSA) is 59.5 Å². The standard InChI is InChI=1S/C21H25BrN2O3/c1-21(2,3)27-20(26)24-8-6-14(7-9-24)19(25)12-18-11-16-10-17(22)5-4-15(16)13-23-18/h4-5,10-11,13-14H,6-9,12H2,1-3H3. The number of piperidine rings is 1. The first-order chi connectivity index (χ1) is 12.7. The van der Waals surface area contributed by atoms with Crippen LogP contribution in [0.1, 0.15) is 39.3 Å². The van der Waals surface area contributed by atoms with Crippen LogP contribution in [0.3, 0.4) is 0 Å². The van der Waals surface area contributed by atoms with E-state index in [1.165, 1.54) is 0 Å². The van der Waals surface area contributed by atoms with Crippen molar-refractivity contribution in [3.63, 3.8) is 0 Å². The van der Waals surface area contributed by atoms with Crippen LogP contribution in [0.5, 0.6) is 0 Å². The summed E-state index contributed by atoms with van der Waals surface area (Å²) in [7, 11) is 0. The van der Waals surface area contributed by atoms with Gasteiger partial charge in [-0.3, -0.25) is 9.78 Å². The molecule has 1 fully saturated rings. The van der Waals surface area contributed by atoms with Gasteiger partial charge in [0.05, 0.1) is 0 Å². The second kappa shape index (κ2) is 7.97. The molecule has 0 spiro atoms. The summed E-state index contributed by atoms with van der Waals surface area (Å²) in [4.78, 5) is 31.0. The second-order valence-corrected chi connectivity index (χ2v) is 8.97. The fourth-order valence-electron chi connectivity index (χ4n) is 3.29. The Labute approximate surface area is 168 Å². The number of rotatable bonds is 3. The predicted molar refractivity (Wildman–Crippen MR) is 109 cm³/mol. The lowest BCUT2D eigenvalue weighted by Gasteiger charge is -2.32. The largest absolute Gasteiger partial charge is 0.444 e. The SMILES string of the molecule is CC(C)(C)OC(=O)N1CCC(C(=O)Cc2cc3cc(Br)ccc3cn2)CC1. The van der Waals surface area contributed by atoms with Crippen LogP contribution in [0.4, 0.5) is 4.79 Å². The number of carbonyl (C=O) groups excluding carboxylic acids is 2. The fourth-order valence-corrected chi connectivity index (χ4v) is 3.67. The second-order valence-electron chi connectivity index (χ2n) is 8.05. The molecule has 0 N–H and O–H groups in total. The van der Waals surface area contributed by atoms with Gasteiger partial charge in [0.2, 0.25) is 0 Å². The monoisotopic (exact) mass is 432 g/mol. The molecule has 6 heteroatoms. The Hall–Kier alpha value is -1.95. The summed E-state index contributed by atoms with van der Waals surface area (Å²) >= 11 is 3.48. The number of amides is 1. The van der Waals surface area contributed by atoms with E-state index in [0.29, 0.717) is 32.4 Å². The summed E-state index contributed by atoms with van der Waals surface area (Å²) < 4.78 is 6.41. The van der Waals surface area contributed by atoms with Gasteiger partial charge >= 0.3 is 6.09 Å². The molecule has 0 aliphatic carbocycles. The lowest BCUT2D eigenvalue weighted by atomic mass is 9.90. The van der Waals surface area contributed by atoms with E-state index in [9.17, 15) is 9.59 Å². The van der Waals surface area contributed by atoms with Crippen LogP contribution in [-0.2, 0) is 16.0 Å². The maximum absolute atomic E-state index is 12.7. The first-order valence-electron chi connectivity index (χ1n) is 9.26. The lowest BCUT2D eigenvalue weighted by molar-refractivity contribution is -0.123. The molecule has 0 saturated carbocycles. The zero-order valence-electron chi connectivity index (χ0n) is 16.0. The van der Waals surface area contributed by atoms with E-state index in [2.05, 4.69) is 20.9 Å². The highest BCUT2D eigenvalue weighted by Gasteiger charge is 2.29. The normalized spacial score (nSPS) is 15.8. The highest BCUT2D eigenvalue weighted by molar-refractivity contribution is 9.10. The molecule has 0 radical (unpaired) electrons. The van der Waals surface area contributed by atoms with E-state index in [-0.39, 0.29) is 17.8 Å². The van der Waals surface area contributed by atoms with Gasteiger partial charge < -0.3 is 9.64 Å². The van der Waals surface area contributed by atoms with Crippen LogP contribution >= 0.6 is 15.9 Å². The molecule has 2 aromatic rings. The minimum Gasteiger partial charge on any atom is -0.444 e. The van der Waals surface area contributed by atoms with Crippen molar-refractivity contribution < 1.29 is 14.3 Å². The molecule has 1 saturated heterocycles. The molecule has 5 nitrogen and oxygen atoms in total. The Morgan fingerprint density at radius 2 is 1.89 bits per heavy atom. The van der Waals surface area contributed by atoms with E-state index in [4.69, 9.17) is 4.74 Å².